The van der Waals surface area contributed by atoms with Crippen LogP contribution < -0.4 is 10.2 Å². The van der Waals surface area contributed by atoms with Gasteiger partial charge in [0.05, 0.1) is 17.7 Å². The van der Waals surface area contributed by atoms with Gasteiger partial charge in [0.25, 0.3) is 0 Å². The number of anilines is 1. The molecule has 3 heterocycles. The average molecular weight is 330 g/mol. The predicted molar refractivity (Wildman–Crippen MR) is 95.1 cm³/mol. The smallest absolute Gasteiger partial charge is 0.194 e. The minimum Gasteiger partial charge on any atom is -0.353 e. The summed E-state index contributed by atoms with van der Waals surface area (Å²) >= 11 is 1.68. The Morgan fingerprint density at radius 1 is 1.26 bits per heavy atom. The van der Waals surface area contributed by atoms with Crippen molar-refractivity contribution >= 4 is 23.1 Å². The minimum absolute atomic E-state index is 0.781. The molecule has 2 aromatic heterocycles. The fraction of sp³-hybridized carbons (Fsp3) is 0.438. The molecule has 7 heteroatoms. The normalized spacial score (nSPS) is 15.8. The van der Waals surface area contributed by atoms with E-state index in [0.717, 1.165) is 50.2 Å². The van der Waals surface area contributed by atoms with Crippen molar-refractivity contribution < 1.29 is 0 Å². The van der Waals surface area contributed by atoms with Crippen molar-refractivity contribution in [2.24, 2.45) is 4.99 Å². The standard InChI is InChI=1S/C16H22N6S/c1-13-14(23-12-20-13)11-19-16(17-2)22-9-7-21(8-10-22)15-5-3-4-6-18-15/h3-6,12H,7-11H2,1-2H3,(H,17,19). The van der Waals surface area contributed by atoms with Crippen LogP contribution in [0.5, 0.6) is 0 Å². The first kappa shape index (κ1) is 15.7. The van der Waals surface area contributed by atoms with E-state index in [1.54, 1.807) is 11.3 Å². The molecule has 2 aromatic rings. The Morgan fingerprint density at radius 3 is 2.70 bits per heavy atom. The maximum absolute atomic E-state index is 4.43. The molecule has 1 aliphatic heterocycles. The largest absolute Gasteiger partial charge is 0.353 e. The highest BCUT2D eigenvalue weighted by Gasteiger charge is 2.20. The second kappa shape index (κ2) is 7.41. The van der Waals surface area contributed by atoms with Gasteiger partial charge in [0, 0.05) is 44.3 Å². The molecule has 0 radical (unpaired) electrons. The molecule has 6 nitrogen and oxygen atoms in total. The first-order chi connectivity index (χ1) is 11.3. The molecule has 122 valence electrons. The molecule has 0 bridgehead atoms. The molecular formula is C16H22N6S. The van der Waals surface area contributed by atoms with Crippen LogP contribution in [0.4, 0.5) is 5.82 Å². The number of aromatic nitrogens is 2. The van der Waals surface area contributed by atoms with E-state index in [2.05, 4.69) is 36.1 Å². The van der Waals surface area contributed by atoms with Crippen LogP contribution in [0, 0.1) is 6.92 Å². The van der Waals surface area contributed by atoms with E-state index < -0.39 is 0 Å². The Hall–Kier alpha value is -2.15. The van der Waals surface area contributed by atoms with Crippen LogP contribution in [-0.2, 0) is 6.54 Å². The van der Waals surface area contributed by atoms with E-state index in [4.69, 9.17) is 0 Å². The summed E-state index contributed by atoms with van der Waals surface area (Å²) < 4.78 is 0. The van der Waals surface area contributed by atoms with Gasteiger partial charge < -0.3 is 15.1 Å². The second-order valence-electron chi connectivity index (χ2n) is 5.42. The molecule has 1 N–H and O–H groups in total. The Bertz CT molecular complexity index is 646. The van der Waals surface area contributed by atoms with Crippen molar-refractivity contribution in [3.05, 3.63) is 40.5 Å². The van der Waals surface area contributed by atoms with Gasteiger partial charge in [-0.2, -0.15) is 0 Å². The maximum atomic E-state index is 4.43. The van der Waals surface area contributed by atoms with Crippen LogP contribution in [0.1, 0.15) is 10.6 Å². The number of pyridine rings is 1. The van der Waals surface area contributed by atoms with E-state index in [-0.39, 0.29) is 0 Å². The van der Waals surface area contributed by atoms with Crippen molar-refractivity contribution in [1.82, 2.24) is 20.2 Å². The molecular weight excluding hydrogens is 308 g/mol. The van der Waals surface area contributed by atoms with E-state index in [9.17, 15) is 0 Å². The predicted octanol–water partition coefficient (Wildman–Crippen LogP) is 1.74. The van der Waals surface area contributed by atoms with Crippen LogP contribution >= 0.6 is 11.3 Å². The van der Waals surface area contributed by atoms with Crippen molar-refractivity contribution in [3.63, 3.8) is 0 Å². The third-order valence-electron chi connectivity index (χ3n) is 4.02. The van der Waals surface area contributed by atoms with Crippen LogP contribution in [0.25, 0.3) is 0 Å². The first-order valence-electron chi connectivity index (χ1n) is 7.78. The summed E-state index contributed by atoms with van der Waals surface area (Å²) in [6.45, 7) is 6.62. The summed E-state index contributed by atoms with van der Waals surface area (Å²) in [6.07, 6.45) is 1.85. The number of hydrogen-bond donors (Lipinski definition) is 1. The Balaban J connectivity index is 1.54. The summed E-state index contributed by atoms with van der Waals surface area (Å²) in [5.41, 5.74) is 2.98. The van der Waals surface area contributed by atoms with Gasteiger partial charge in [-0.25, -0.2) is 9.97 Å². The zero-order valence-electron chi connectivity index (χ0n) is 13.6. The lowest BCUT2D eigenvalue weighted by Crippen LogP contribution is -2.52. The lowest BCUT2D eigenvalue weighted by atomic mass is 10.3. The van der Waals surface area contributed by atoms with Crippen LogP contribution in [0.2, 0.25) is 0 Å². The highest BCUT2D eigenvalue weighted by molar-refractivity contribution is 7.09. The first-order valence-corrected chi connectivity index (χ1v) is 8.66. The highest BCUT2D eigenvalue weighted by atomic mass is 32.1. The number of nitrogens with one attached hydrogen (secondary N) is 1. The van der Waals surface area contributed by atoms with E-state index in [1.807, 2.05) is 37.8 Å². The van der Waals surface area contributed by atoms with Crippen molar-refractivity contribution in [2.45, 2.75) is 13.5 Å². The Labute approximate surface area is 140 Å². The molecule has 1 saturated heterocycles. The van der Waals surface area contributed by atoms with Crippen LogP contribution in [-0.4, -0.2) is 54.1 Å². The second-order valence-corrected chi connectivity index (χ2v) is 6.36. The minimum atomic E-state index is 0.781. The van der Waals surface area contributed by atoms with Crippen LogP contribution in [0.3, 0.4) is 0 Å². The molecule has 0 unspecified atom stereocenters. The zero-order chi connectivity index (χ0) is 16.1. The fourth-order valence-corrected chi connectivity index (χ4v) is 3.39. The van der Waals surface area contributed by atoms with Gasteiger partial charge in [0.15, 0.2) is 5.96 Å². The molecule has 0 amide bonds. The van der Waals surface area contributed by atoms with Gasteiger partial charge in [-0.3, -0.25) is 4.99 Å². The number of nitrogens with zero attached hydrogens (tertiary/aromatic N) is 5. The fourth-order valence-electron chi connectivity index (χ4n) is 2.68. The highest BCUT2D eigenvalue weighted by Crippen LogP contribution is 2.14. The van der Waals surface area contributed by atoms with Gasteiger partial charge in [0.2, 0.25) is 0 Å². The van der Waals surface area contributed by atoms with Gasteiger partial charge in [-0.1, -0.05) is 6.07 Å². The summed E-state index contributed by atoms with van der Waals surface area (Å²) in [7, 11) is 1.84. The molecule has 3 rings (SSSR count). The monoisotopic (exact) mass is 330 g/mol. The molecule has 1 aliphatic rings. The third kappa shape index (κ3) is 3.79. The summed E-state index contributed by atoms with van der Waals surface area (Å²) in [6, 6.07) is 6.05. The molecule has 0 aliphatic carbocycles. The number of guanidine groups is 1. The van der Waals surface area contributed by atoms with Crippen molar-refractivity contribution in [3.8, 4) is 0 Å². The zero-order valence-corrected chi connectivity index (χ0v) is 14.4. The Morgan fingerprint density at radius 2 is 2.09 bits per heavy atom. The SMILES string of the molecule is CN=C(NCc1scnc1C)N1CCN(c2ccccn2)CC1. The van der Waals surface area contributed by atoms with Crippen LogP contribution in [0.15, 0.2) is 34.9 Å². The number of hydrogen-bond acceptors (Lipinski definition) is 5. The number of piperazine rings is 1. The molecule has 0 spiro atoms. The molecule has 0 atom stereocenters. The molecule has 0 saturated carbocycles. The maximum Gasteiger partial charge on any atom is 0.194 e. The number of thiazole rings is 1. The lowest BCUT2D eigenvalue weighted by Gasteiger charge is -2.37. The quantitative estimate of drug-likeness (QED) is 0.686. The van der Waals surface area contributed by atoms with Crippen molar-refractivity contribution in [1.29, 1.82) is 0 Å². The summed E-state index contributed by atoms with van der Waals surface area (Å²) in [5, 5.41) is 3.45. The third-order valence-corrected chi connectivity index (χ3v) is 4.95. The van der Waals surface area contributed by atoms with E-state index >= 15 is 0 Å². The van der Waals surface area contributed by atoms with Gasteiger partial charge in [-0.05, 0) is 19.1 Å². The van der Waals surface area contributed by atoms with Gasteiger partial charge in [-0.15, -0.1) is 11.3 Å². The van der Waals surface area contributed by atoms with E-state index in [0.29, 0.717) is 0 Å². The van der Waals surface area contributed by atoms with Crippen molar-refractivity contribution in [2.75, 3.05) is 38.1 Å². The molecule has 0 aromatic carbocycles. The lowest BCUT2D eigenvalue weighted by molar-refractivity contribution is 0.371. The van der Waals surface area contributed by atoms with E-state index in [1.165, 1.54) is 4.88 Å². The number of aliphatic imine (C=N–C) groups is 1. The number of rotatable bonds is 3. The summed E-state index contributed by atoms with van der Waals surface area (Å²) in [4.78, 5) is 19.0. The average Bonchev–Trinajstić information content (AvgIpc) is 3.02. The molecule has 23 heavy (non-hydrogen) atoms. The van der Waals surface area contributed by atoms with Gasteiger partial charge in [0.1, 0.15) is 5.82 Å². The Kier molecular flexibility index (Phi) is 5.07. The number of aryl methyl sites for hydroxylation is 1. The van der Waals surface area contributed by atoms with Gasteiger partial charge >= 0.3 is 0 Å². The topological polar surface area (TPSA) is 56.7 Å². The summed E-state index contributed by atoms with van der Waals surface area (Å²) in [5.74, 6) is 2.01. The molecule has 1 fully saturated rings.